The van der Waals surface area contributed by atoms with Crippen molar-refractivity contribution in [1.82, 2.24) is 0 Å². The predicted octanol–water partition coefficient (Wildman–Crippen LogP) is 5.57. The van der Waals surface area contributed by atoms with E-state index in [0.717, 1.165) is 38.5 Å². The van der Waals surface area contributed by atoms with Crippen LogP contribution in [0.5, 0.6) is 11.5 Å². The lowest BCUT2D eigenvalue weighted by Gasteiger charge is -2.19. The maximum absolute atomic E-state index is 13.4. The van der Waals surface area contributed by atoms with Crippen molar-refractivity contribution in [3.05, 3.63) is 89.0 Å². The largest absolute Gasteiger partial charge is 0.493 e. The Morgan fingerprint density at radius 1 is 0.862 bits per heavy atom. The van der Waals surface area contributed by atoms with E-state index >= 15 is 0 Å². The van der Waals surface area contributed by atoms with Crippen molar-refractivity contribution in [3.8, 4) is 11.5 Å². The summed E-state index contributed by atoms with van der Waals surface area (Å²) in [5.41, 5.74) is 5.38. The Morgan fingerprint density at radius 2 is 1.59 bits per heavy atom. The summed E-state index contributed by atoms with van der Waals surface area (Å²) in [6.07, 6.45) is 0. The zero-order valence-electron chi connectivity index (χ0n) is 16.1. The van der Waals surface area contributed by atoms with Crippen molar-refractivity contribution >= 4 is 28.9 Å². The van der Waals surface area contributed by atoms with Gasteiger partial charge in [-0.2, -0.15) is 0 Å². The van der Waals surface area contributed by atoms with E-state index < -0.39 is 0 Å². The number of benzene rings is 3. The molecule has 1 heterocycles. The fraction of sp³-hybridized carbons (Fsp3) is 0.125. The summed E-state index contributed by atoms with van der Waals surface area (Å²) in [7, 11) is 3.25. The average molecular weight is 401 g/mol. The second kappa shape index (κ2) is 7.01. The van der Waals surface area contributed by atoms with Crippen LogP contribution < -0.4 is 14.8 Å². The maximum Gasteiger partial charge on any atom is 0.193 e. The predicted molar refractivity (Wildman–Crippen MR) is 116 cm³/mol. The van der Waals surface area contributed by atoms with Crippen LogP contribution in [-0.4, -0.2) is 20.0 Å². The van der Waals surface area contributed by atoms with Crippen LogP contribution in [0, 0.1) is 0 Å². The quantitative estimate of drug-likeness (QED) is 0.622. The number of nitrogens with one attached hydrogen (secondary N) is 1. The van der Waals surface area contributed by atoms with Gasteiger partial charge >= 0.3 is 0 Å². The van der Waals surface area contributed by atoms with Crippen LogP contribution in [0.25, 0.3) is 5.70 Å². The van der Waals surface area contributed by atoms with Crippen LogP contribution in [0.3, 0.4) is 0 Å². The van der Waals surface area contributed by atoms with Gasteiger partial charge in [0.25, 0.3) is 0 Å². The van der Waals surface area contributed by atoms with Crippen molar-refractivity contribution in [1.29, 1.82) is 0 Å². The van der Waals surface area contributed by atoms with Crippen LogP contribution >= 0.6 is 11.8 Å². The van der Waals surface area contributed by atoms with Crippen molar-refractivity contribution in [2.24, 2.45) is 0 Å². The van der Waals surface area contributed by atoms with E-state index in [2.05, 4.69) is 17.4 Å². The zero-order chi connectivity index (χ0) is 20.0. The van der Waals surface area contributed by atoms with Gasteiger partial charge in [0, 0.05) is 21.6 Å². The zero-order valence-corrected chi connectivity index (χ0v) is 16.9. The molecule has 1 atom stereocenters. The smallest absolute Gasteiger partial charge is 0.193 e. The summed E-state index contributed by atoms with van der Waals surface area (Å²) in [5, 5.41) is 3.38. The number of carbonyl (C=O) groups excluding carboxylic acids is 1. The molecule has 0 unspecified atom stereocenters. The number of Topliss-reactive ketones (excluding diaryl/α,β-unsaturated/α-hetero) is 1. The van der Waals surface area contributed by atoms with Gasteiger partial charge in [-0.15, -0.1) is 11.8 Å². The summed E-state index contributed by atoms with van der Waals surface area (Å²) >= 11 is 1.68. The molecule has 0 bridgehead atoms. The van der Waals surface area contributed by atoms with Gasteiger partial charge in [0.15, 0.2) is 17.3 Å². The molecule has 1 N–H and O–H groups in total. The van der Waals surface area contributed by atoms with Crippen molar-refractivity contribution in [2.75, 3.05) is 19.5 Å². The highest BCUT2D eigenvalue weighted by Crippen LogP contribution is 2.53. The first-order chi connectivity index (χ1) is 14.2. The number of carbonyl (C=O) groups is 1. The minimum Gasteiger partial charge on any atom is -0.493 e. The van der Waals surface area contributed by atoms with Crippen molar-refractivity contribution < 1.29 is 14.3 Å². The molecule has 0 amide bonds. The molecule has 29 heavy (non-hydrogen) atoms. The molecule has 3 aromatic carbocycles. The van der Waals surface area contributed by atoms with E-state index in [1.54, 1.807) is 26.0 Å². The molecule has 5 heteroatoms. The van der Waals surface area contributed by atoms with E-state index in [9.17, 15) is 4.79 Å². The molecule has 5 rings (SSSR count). The van der Waals surface area contributed by atoms with Gasteiger partial charge in [-0.3, -0.25) is 4.79 Å². The number of thioether (sulfide) groups is 1. The molecule has 0 fully saturated rings. The van der Waals surface area contributed by atoms with E-state index in [0.29, 0.717) is 11.5 Å². The summed E-state index contributed by atoms with van der Waals surface area (Å²) in [4.78, 5) is 14.5. The second-order valence-electron chi connectivity index (χ2n) is 6.90. The number of hydrogen-bond donors (Lipinski definition) is 1. The number of ketones is 1. The van der Waals surface area contributed by atoms with Gasteiger partial charge in [0.05, 0.1) is 30.9 Å². The molecular weight excluding hydrogens is 382 g/mol. The van der Waals surface area contributed by atoms with Crippen LogP contribution in [0.15, 0.2) is 77.2 Å². The van der Waals surface area contributed by atoms with E-state index in [4.69, 9.17) is 9.47 Å². The van der Waals surface area contributed by atoms with Crippen LogP contribution in [0.2, 0.25) is 0 Å². The molecule has 0 aromatic heterocycles. The lowest BCUT2D eigenvalue weighted by molar-refractivity contribution is 0.103. The highest BCUT2D eigenvalue weighted by atomic mass is 32.2. The summed E-state index contributed by atoms with van der Waals surface area (Å²) in [6.45, 7) is 0. The van der Waals surface area contributed by atoms with Crippen molar-refractivity contribution in [3.63, 3.8) is 0 Å². The molecule has 1 aliphatic carbocycles. The Bertz CT molecular complexity index is 1170. The topological polar surface area (TPSA) is 47.6 Å². The average Bonchev–Trinajstić information content (AvgIpc) is 2.93. The SMILES string of the molecule is COc1ccc([C@@H]2Sc3ccccc3NC3=C2C(=O)c2ccccc23)cc1OC. The van der Waals surface area contributed by atoms with Crippen LogP contribution in [0.1, 0.15) is 26.7 Å². The van der Waals surface area contributed by atoms with Crippen molar-refractivity contribution in [2.45, 2.75) is 10.1 Å². The molecule has 2 aliphatic rings. The standard InChI is InChI=1S/C24H19NO3S/c1-27-18-12-11-14(13-19(18)28-2)24-21-22(15-7-3-4-8-16(15)23(21)26)25-17-9-5-6-10-20(17)29-24/h3-13,24-25H,1-2H3/t24-/m0/s1. The van der Waals surface area contributed by atoms with E-state index in [1.807, 2.05) is 54.6 Å². The number of methoxy groups -OCH3 is 2. The minimum absolute atomic E-state index is 0.0724. The number of hydrogen-bond acceptors (Lipinski definition) is 5. The molecule has 0 saturated heterocycles. The van der Waals surface area contributed by atoms with Gasteiger partial charge in [0.2, 0.25) is 0 Å². The lowest BCUT2D eigenvalue weighted by atomic mass is 10.0. The third-order valence-electron chi connectivity index (χ3n) is 5.32. The number of rotatable bonds is 3. The van der Waals surface area contributed by atoms with Gasteiger partial charge in [-0.1, -0.05) is 42.5 Å². The Hall–Kier alpha value is -3.18. The first kappa shape index (κ1) is 17.9. The van der Waals surface area contributed by atoms with E-state index in [-0.39, 0.29) is 11.0 Å². The molecule has 144 valence electrons. The second-order valence-corrected chi connectivity index (χ2v) is 8.04. The van der Waals surface area contributed by atoms with Gasteiger partial charge < -0.3 is 14.8 Å². The number of para-hydroxylation sites is 1. The Morgan fingerprint density at radius 3 is 2.38 bits per heavy atom. The molecule has 0 spiro atoms. The molecule has 4 nitrogen and oxygen atoms in total. The normalized spacial score (nSPS) is 17.0. The summed E-state index contributed by atoms with van der Waals surface area (Å²) in [5.74, 6) is 1.40. The van der Waals surface area contributed by atoms with Crippen LogP contribution in [-0.2, 0) is 0 Å². The fourth-order valence-electron chi connectivity index (χ4n) is 3.93. The maximum atomic E-state index is 13.4. The third kappa shape index (κ3) is 2.81. The van der Waals surface area contributed by atoms with Gasteiger partial charge in [-0.05, 0) is 29.8 Å². The highest BCUT2D eigenvalue weighted by molar-refractivity contribution is 8.00. The Kier molecular flexibility index (Phi) is 4.32. The number of fused-ring (bicyclic) bond motifs is 3. The van der Waals surface area contributed by atoms with Crippen LogP contribution in [0.4, 0.5) is 5.69 Å². The van der Waals surface area contributed by atoms with E-state index in [1.165, 1.54) is 0 Å². The van der Waals surface area contributed by atoms with Gasteiger partial charge in [-0.25, -0.2) is 0 Å². The molecule has 1 aliphatic heterocycles. The van der Waals surface area contributed by atoms with Gasteiger partial charge in [0.1, 0.15) is 0 Å². The molecule has 3 aromatic rings. The summed E-state index contributed by atoms with van der Waals surface area (Å²) in [6, 6.07) is 21.8. The molecule has 0 saturated carbocycles. The Labute approximate surface area is 173 Å². The fourth-order valence-corrected chi connectivity index (χ4v) is 5.21. The first-order valence-electron chi connectivity index (χ1n) is 9.34. The first-order valence-corrected chi connectivity index (χ1v) is 10.2. The lowest BCUT2D eigenvalue weighted by Crippen LogP contribution is -2.08. The minimum atomic E-state index is -0.166. The molecule has 0 radical (unpaired) electrons. The highest BCUT2D eigenvalue weighted by Gasteiger charge is 2.38. The monoisotopic (exact) mass is 401 g/mol. The third-order valence-corrected chi connectivity index (χ3v) is 6.67. The summed E-state index contributed by atoms with van der Waals surface area (Å²) < 4.78 is 10.9. The Balaban J connectivity index is 1.72. The number of ether oxygens (including phenoxy) is 2. The molecular formula is C24H19NO3S. The number of anilines is 1.